The maximum atomic E-state index is 9.99. The molecule has 0 saturated heterocycles. The summed E-state index contributed by atoms with van der Waals surface area (Å²) in [7, 11) is 2.08. The summed E-state index contributed by atoms with van der Waals surface area (Å²) in [6, 6.07) is -1.06. The van der Waals surface area contributed by atoms with Gasteiger partial charge in [0.05, 0.1) is 6.67 Å². The molecule has 0 radical (unpaired) electrons. The largest absolute Gasteiger partial charge is 0.481 e. The third-order valence-corrected chi connectivity index (χ3v) is 2.33. The highest BCUT2D eigenvalue weighted by atomic mass is 16.4. The molecule has 0 aromatic rings. The SMILES string of the molecule is CCN1C=CN(C)C1.N[C@@H](CCC(=O)O)C(=O)O. The summed E-state index contributed by atoms with van der Waals surface area (Å²) < 4.78 is 0. The summed E-state index contributed by atoms with van der Waals surface area (Å²) >= 11 is 0. The number of nitrogens with two attached hydrogens (primary N) is 1. The Morgan fingerprint density at radius 3 is 2.28 bits per heavy atom. The van der Waals surface area contributed by atoms with E-state index in [9.17, 15) is 9.59 Å². The van der Waals surface area contributed by atoms with Gasteiger partial charge in [-0.25, -0.2) is 0 Å². The lowest BCUT2D eigenvalue weighted by Gasteiger charge is -2.14. The molecule has 1 aliphatic rings. The van der Waals surface area contributed by atoms with Crippen molar-refractivity contribution in [3.05, 3.63) is 12.4 Å². The molecule has 7 nitrogen and oxygen atoms in total. The van der Waals surface area contributed by atoms with Gasteiger partial charge in [-0.1, -0.05) is 0 Å². The average Bonchev–Trinajstić information content (AvgIpc) is 2.72. The molecule has 7 heteroatoms. The molecule has 0 fully saturated rings. The first-order valence-electron chi connectivity index (χ1n) is 5.69. The highest BCUT2D eigenvalue weighted by molar-refractivity contribution is 5.74. The lowest BCUT2D eigenvalue weighted by Crippen LogP contribution is -2.30. The van der Waals surface area contributed by atoms with Crippen LogP contribution in [0.25, 0.3) is 0 Å². The van der Waals surface area contributed by atoms with E-state index < -0.39 is 18.0 Å². The van der Waals surface area contributed by atoms with Gasteiger partial charge in [-0.05, 0) is 13.3 Å². The minimum Gasteiger partial charge on any atom is -0.481 e. The van der Waals surface area contributed by atoms with Gasteiger partial charge in [0.1, 0.15) is 6.04 Å². The van der Waals surface area contributed by atoms with E-state index >= 15 is 0 Å². The molecule has 0 unspecified atom stereocenters. The van der Waals surface area contributed by atoms with E-state index in [2.05, 4.69) is 36.2 Å². The predicted molar refractivity (Wildman–Crippen MR) is 66.6 cm³/mol. The lowest BCUT2D eigenvalue weighted by atomic mass is 10.2. The minimum atomic E-state index is -1.17. The van der Waals surface area contributed by atoms with Gasteiger partial charge in [0.2, 0.25) is 0 Å². The Labute approximate surface area is 106 Å². The van der Waals surface area contributed by atoms with Gasteiger partial charge in [0, 0.05) is 32.4 Å². The smallest absolute Gasteiger partial charge is 0.320 e. The van der Waals surface area contributed by atoms with E-state index in [0.29, 0.717) is 0 Å². The number of rotatable bonds is 5. The van der Waals surface area contributed by atoms with Crippen molar-refractivity contribution < 1.29 is 19.8 Å². The van der Waals surface area contributed by atoms with Crippen molar-refractivity contribution in [2.75, 3.05) is 20.3 Å². The molecule has 0 aromatic carbocycles. The molecule has 0 aromatic heterocycles. The van der Waals surface area contributed by atoms with Crippen LogP contribution in [-0.4, -0.2) is 58.3 Å². The number of aliphatic carboxylic acids is 2. The number of carboxylic acid groups (broad SMARTS) is 2. The summed E-state index contributed by atoms with van der Waals surface area (Å²) in [4.78, 5) is 24.3. The van der Waals surface area contributed by atoms with Crippen LogP contribution >= 0.6 is 0 Å². The maximum Gasteiger partial charge on any atom is 0.320 e. The predicted octanol–water partition coefficient (Wildman–Crippen LogP) is -0.0545. The van der Waals surface area contributed by atoms with Crippen LogP contribution in [0.15, 0.2) is 12.4 Å². The van der Waals surface area contributed by atoms with Crippen molar-refractivity contribution >= 4 is 11.9 Å². The first kappa shape index (κ1) is 16.2. The van der Waals surface area contributed by atoms with Crippen molar-refractivity contribution in [3.8, 4) is 0 Å². The van der Waals surface area contributed by atoms with Crippen molar-refractivity contribution in [1.29, 1.82) is 0 Å². The van der Waals surface area contributed by atoms with E-state index in [-0.39, 0.29) is 12.8 Å². The summed E-state index contributed by atoms with van der Waals surface area (Å²) in [5, 5.41) is 16.3. The number of carboxylic acids is 2. The van der Waals surface area contributed by atoms with Gasteiger partial charge >= 0.3 is 11.9 Å². The molecule has 0 amide bonds. The highest BCUT2D eigenvalue weighted by Gasteiger charge is 2.12. The second kappa shape index (κ2) is 8.35. The fourth-order valence-electron chi connectivity index (χ4n) is 1.20. The van der Waals surface area contributed by atoms with Gasteiger partial charge in [0.15, 0.2) is 0 Å². The van der Waals surface area contributed by atoms with Gasteiger partial charge < -0.3 is 25.7 Å². The highest BCUT2D eigenvalue weighted by Crippen LogP contribution is 2.00. The Morgan fingerprint density at radius 1 is 1.39 bits per heavy atom. The number of carbonyl (C=O) groups is 2. The van der Waals surface area contributed by atoms with Crippen LogP contribution in [-0.2, 0) is 9.59 Å². The van der Waals surface area contributed by atoms with Gasteiger partial charge in [0.25, 0.3) is 0 Å². The summed E-state index contributed by atoms with van der Waals surface area (Å²) in [5.41, 5.74) is 5.00. The summed E-state index contributed by atoms with van der Waals surface area (Å²) in [6.45, 7) is 4.32. The fraction of sp³-hybridized carbons (Fsp3) is 0.636. The van der Waals surface area contributed by atoms with Crippen LogP contribution in [0.1, 0.15) is 19.8 Å². The zero-order valence-corrected chi connectivity index (χ0v) is 10.7. The standard InChI is InChI=1S/C6H12N2.C5H9NO4/c1-3-8-5-4-7(2)6-8;6-3(5(9)10)1-2-4(7)8/h4-5H,3,6H2,1-2H3;3H,1-2,6H2,(H,7,8)(H,9,10)/t;3-/m.0/s1. The quantitative estimate of drug-likeness (QED) is 0.635. The maximum absolute atomic E-state index is 9.99. The number of nitrogens with zero attached hydrogens (tertiary/aromatic N) is 2. The molecule has 0 aliphatic carbocycles. The molecule has 0 bridgehead atoms. The zero-order chi connectivity index (χ0) is 14.1. The zero-order valence-electron chi connectivity index (χ0n) is 10.7. The Hall–Kier alpha value is -1.76. The van der Waals surface area contributed by atoms with Crippen molar-refractivity contribution in [3.63, 3.8) is 0 Å². The lowest BCUT2D eigenvalue weighted by molar-refractivity contribution is -0.139. The molecule has 104 valence electrons. The molecule has 1 atom stereocenters. The molecular weight excluding hydrogens is 238 g/mol. The van der Waals surface area contributed by atoms with E-state index in [0.717, 1.165) is 13.2 Å². The summed E-state index contributed by atoms with van der Waals surface area (Å²) in [6.07, 6.45) is 3.97. The molecule has 4 N–H and O–H groups in total. The number of hydrogen-bond donors (Lipinski definition) is 3. The molecule has 0 spiro atoms. The molecular formula is C11H21N3O4. The topological polar surface area (TPSA) is 107 Å². The average molecular weight is 259 g/mol. The van der Waals surface area contributed by atoms with E-state index in [1.807, 2.05) is 0 Å². The van der Waals surface area contributed by atoms with Crippen molar-refractivity contribution in [2.45, 2.75) is 25.8 Å². The molecule has 0 saturated carbocycles. The second-order valence-electron chi connectivity index (χ2n) is 3.98. The van der Waals surface area contributed by atoms with Crippen LogP contribution < -0.4 is 5.73 Å². The third-order valence-electron chi connectivity index (χ3n) is 2.33. The molecule has 1 rings (SSSR count). The number of hydrogen-bond acceptors (Lipinski definition) is 5. The van der Waals surface area contributed by atoms with Crippen LogP contribution in [0.2, 0.25) is 0 Å². The van der Waals surface area contributed by atoms with Crippen molar-refractivity contribution in [2.24, 2.45) is 5.73 Å². The first-order valence-corrected chi connectivity index (χ1v) is 5.69. The Kier molecular flexibility index (Phi) is 7.53. The first-order chi connectivity index (χ1) is 8.36. The third kappa shape index (κ3) is 7.50. The van der Waals surface area contributed by atoms with Crippen LogP contribution in [0, 0.1) is 0 Å². The van der Waals surface area contributed by atoms with Crippen LogP contribution in [0.4, 0.5) is 0 Å². The van der Waals surface area contributed by atoms with Crippen molar-refractivity contribution in [1.82, 2.24) is 9.80 Å². The fourth-order valence-corrected chi connectivity index (χ4v) is 1.20. The Bertz CT molecular complexity index is 307. The summed E-state index contributed by atoms with van der Waals surface area (Å²) in [5.74, 6) is -2.20. The normalized spacial score (nSPS) is 15.1. The molecule has 1 aliphatic heterocycles. The monoisotopic (exact) mass is 259 g/mol. The Balaban J connectivity index is 0.000000327. The minimum absolute atomic E-state index is 0.0231. The van der Waals surface area contributed by atoms with Crippen LogP contribution in [0.3, 0.4) is 0 Å². The Morgan fingerprint density at radius 2 is 2.00 bits per heavy atom. The van der Waals surface area contributed by atoms with Gasteiger partial charge in [-0.2, -0.15) is 0 Å². The van der Waals surface area contributed by atoms with Gasteiger partial charge in [-0.15, -0.1) is 0 Å². The van der Waals surface area contributed by atoms with E-state index in [1.54, 1.807) is 0 Å². The molecule has 1 heterocycles. The van der Waals surface area contributed by atoms with E-state index in [1.165, 1.54) is 0 Å². The molecule has 18 heavy (non-hydrogen) atoms. The van der Waals surface area contributed by atoms with Gasteiger partial charge in [-0.3, -0.25) is 9.59 Å². The second-order valence-corrected chi connectivity index (χ2v) is 3.98. The van der Waals surface area contributed by atoms with Crippen LogP contribution in [0.5, 0.6) is 0 Å². The van der Waals surface area contributed by atoms with E-state index in [4.69, 9.17) is 15.9 Å².